The van der Waals surface area contributed by atoms with Gasteiger partial charge < -0.3 is 0 Å². The average molecular weight is 640 g/mol. The molecule has 232 valence electrons. The van der Waals surface area contributed by atoms with Gasteiger partial charge in [-0.25, -0.2) is 0 Å². The third-order valence-electron chi connectivity index (χ3n) is 9.81. The van der Waals surface area contributed by atoms with Gasteiger partial charge in [-0.3, -0.25) is 0 Å². The van der Waals surface area contributed by atoms with Crippen molar-refractivity contribution in [2.45, 2.75) is 0 Å². The highest BCUT2D eigenvalue weighted by Gasteiger charge is 2.18. The summed E-state index contributed by atoms with van der Waals surface area (Å²) in [5.41, 5.74) is 4.88. The van der Waals surface area contributed by atoms with Crippen molar-refractivity contribution < 1.29 is 9.60 Å². The molecule has 0 radical (unpaired) electrons. The molecule has 0 N–H and O–H groups in total. The molecule has 10 aromatic carbocycles. The van der Waals surface area contributed by atoms with Crippen LogP contribution in [0.5, 0.6) is 0 Å². The average Bonchev–Trinajstić information content (AvgIpc) is 3.25. The molecule has 0 spiro atoms. The maximum Gasteiger partial charge on any atom is 0.0636 e. The molecule has 10 aromatic rings. The van der Waals surface area contributed by atoms with E-state index in [1.54, 1.807) is 0 Å². The molecular weight excluding hydrogens is 601 g/mol. The first-order chi connectivity index (χ1) is 27.7. The number of hydrogen-bond donors (Lipinski definition) is 0. The van der Waals surface area contributed by atoms with Crippen LogP contribution < -0.4 is 0 Å². The predicted molar refractivity (Wildman–Crippen MR) is 216 cm³/mol. The van der Waals surface area contributed by atoms with E-state index >= 15 is 0 Å². The van der Waals surface area contributed by atoms with Crippen LogP contribution in [0.15, 0.2) is 194 Å². The third-order valence-corrected chi connectivity index (χ3v) is 9.81. The topological polar surface area (TPSA) is 0 Å². The third kappa shape index (κ3) is 4.77. The lowest BCUT2D eigenvalue weighted by Crippen LogP contribution is -1.92. The van der Waals surface area contributed by atoms with E-state index < -0.39 is 0 Å². The van der Waals surface area contributed by atoms with E-state index in [0.717, 1.165) is 43.4 Å². The molecule has 0 saturated carbocycles. The first-order valence-corrected chi connectivity index (χ1v) is 16.8. The highest BCUT2D eigenvalue weighted by molar-refractivity contribution is 6.22. The minimum absolute atomic E-state index is 0.0174. The Balaban J connectivity index is 1.40. The molecule has 0 aliphatic rings. The monoisotopic (exact) mass is 639 g/mol. The van der Waals surface area contributed by atoms with E-state index in [4.69, 9.17) is 2.74 Å². The summed E-state index contributed by atoms with van der Waals surface area (Å²) in [5.74, 6) is 0. The van der Waals surface area contributed by atoms with E-state index in [-0.39, 0.29) is 58.6 Å². The Morgan fingerprint density at radius 3 is 1.30 bits per heavy atom. The van der Waals surface area contributed by atoms with Crippen molar-refractivity contribution in [1.82, 2.24) is 0 Å². The van der Waals surface area contributed by atoms with E-state index in [1.807, 2.05) is 121 Å². The van der Waals surface area contributed by atoms with Gasteiger partial charge in [0.1, 0.15) is 0 Å². The summed E-state index contributed by atoms with van der Waals surface area (Å²) in [7, 11) is 0. The van der Waals surface area contributed by atoms with Crippen LogP contribution in [0.3, 0.4) is 0 Å². The maximum absolute atomic E-state index is 10.1. The molecule has 0 aliphatic heterocycles. The predicted octanol–water partition coefficient (Wildman–Crippen LogP) is 14.1. The zero-order chi connectivity index (χ0) is 39.1. The fourth-order valence-electron chi connectivity index (χ4n) is 7.35. The van der Waals surface area contributed by atoms with Gasteiger partial charge in [0, 0.05) is 0 Å². The SMILES string of the molecule is [2H]c1c([2H])c([2H])c2c(-c3cccc(-c4ccc5ccccc5c4)c3)c3c([2H])c(-c4ccc5ccccc5c4)c([2H])c([2H])c3c(-c3ccc4ccccc4c3)c2c1[2H]. The van der Waals surface area contributed by atoms with Gasteiger partial charge in [0.15, 0.2) is 0 Å². The molecule has 10 rings (SSSR count). The fourth-order valence-corrected chi connectivity index (χ4v) is 7.35. The zero-order valence-corrected chi connectivity index (χ0v) is 26.9. The standard InChI is InChI=1S/C50H32/c1-4-13-36-28-40(23-20-33(36)10-1)39-16-9-17-43(31-39)50-46-19-8-7-18-45(46)49(44-25-22-35-12-3-6-15-38(35)30-44)47-27-26-42(32-48(47)50)41-24-21-34-11-2-5-14-37(34)29-41/h1-32H/i7D,8D,18D,19D,26D,27D,32D. The fraction of sp³-hybridized carbons (Fsp3) is 0. The first-order valence-electron chi connectivity index (χ1n) is 20.3. The van der Waals surface area contributed by atoms with Crippen LogP contribution >= 0.6 is 0 Å². The van der Waals surface area contributed by atoms with Gasteiger partial charge in [-0.05, 0) is 129 Å². The zero-order valence-electron chi connectivity index (χ0n) is 33.9. The number of fused-ring (bicyclic) bond motifs is 5. The van der Waals surface area contributed by atoms with E-state index in [1.165, 1.54) is 0 Å². The molecule has 0 unspecified atom stereocenters. The highest BCUT2D eigenvalue weighted by Crippen LogP contribution is 2.46. The van der Waals surface area contributed by atoms with Gasteiger partial charge in [0.25, 0.3) is 0 Å². The van der Waals surface area contributed by atoms with Gasteiger partial charge in [-0.2, -0.15) is 0 Å². The van der Waals surface area contributed by atoms with Crippen LogP contribution in [0.25, 0.3) is 98.4 Å². The molecule has 0 fully saturated rings. The van der Waals surface area contributed by atoms with Crippen LogP contribution in [-0.4, -0.2) is 0 Å². The lowest BCUT2D eigenvalue weighted by atomic mass is 9.84. The van der Waals surface area contributed by atoms with Crippen LogP contribution in [0.1, 0.15) is 9.60 Å². The summed E-state index contributed by atoms with van der Waals surface area (Å²) < 4.78 is 66.3. The molecule has 0 aromatic heterocycles. The maximum atomic E-state index is 10.1. The minimum atomic E-state index is -0.388. The lowest BCUT2D eigenvalue weighted by Gasteiger charge is -2.19. The molecular formula is C50H32. The van der Waals surface area contributed by atoms with Crippen molar-refractivity contribution in [1.29, 1.82) is 0 Å². The molecule has 0 atom stereocenters. The van der Waals surface area contributed by atoms with Gasteiger partial charge in [-0.1, -0.05) is 164 Å². The van der Waals surface area contributed by atoms with Crippen LogP contribution in [0.2, 0.25) is 0 Å². The van der Waals surface area contributed by atoms with Crippen molar-refractivity contribution in [3.05, 3.63) is 194 Å². The Morgan fingerprint density at radius 2 is 0.700 bits per heavy atom. The number of hydrogen-bond acceptors (Lipinski definition) is 0. The quantitative estimate of drug-likeness (QED) is 0.168. The Kier molecular flexibility index (Phi) is 5.14. The minimum Gasteiger partial charge on any atom is -0.0616 e. The van der Waals surface area contributed by atoms with Crippen molar-refractivity contribution in [2.75, 3.05) is 0 Å². The van der Waals surface area contributed by atoms with Gasteiger partial charge in [0.2, 0.25) is 0 Å². The van der Waals surface area contributed by atoms with Crippen molar-refractivity contribution in [3.8, 4) is 44.5 Å². The summed E-state index contributed by atoms with van der Waals surface area (Å²) >= 11 is 0. The first kappa shape index (κ1) is 22.2. The van der Waals surface area contributed by atoms with Crippen LogP contribution in [-0.2, 0) is 0 Å². The second-order valence-corrected chi connectivity index (χ2v) is 12.8. The van der Waals surface area contributed by atoms with Crippen molar-refractivity contribution in [3.63, 3.8) is 0 Å². The van der Waals surface area contributed by atoms with Gasteiger partial charge >= 0.3 is 0 Å². The summed E-state index contributed by atoms with van der Waals surface area (Å²) in [6.45, 7) is 0. The van der Waals surface area contributed by atoms with E-state index in [0.29, 0.717) is 38.6 Å². The summed E-state index contributed by atoms with van der Waals surface area (Å²) in [6.07, 6.45) is 0. The second kappa shape index (κ2) is 11.6. The molecule has 0 heterocycles. The summed E-state index contributed by atoms with van der Waals surface area (Å²) in [4.78, 5) is 0. The molecule has 0 heteroatoms. The molecule has 0 bridgehead atoms. The normalized spacial score (nSPS) is 13.6. The number of benzene rings is 10. The molecule has 50 heavy (non-hydrogen) atoms. The lowest BCUT2D eigenvalue weighted by molar-refractivity contribution is 1.62. The smallest absolute Gasteiger partial charge is 0.0616 e. The van der Waals surface area contributed by atoms with Crippen molar-refractivity contribution in [2.24, 2.45) is 0 Å². The molecule has 0 nitrogen and oxygen atoms in total. The molecule has 0 amide bonds. The number of rotatable bonds is 4. The van der Waals surface area contributed by atoms with Crippen LogP contribution in [0.4, 0.5) is 0 Å². The highest BCUT2D eigenvalue weighted by atomic mass is 14.2. The molecule has 0 aliphatic carbocycles. The summed E-state index contributed by atoms with van der Waals surface area (Å²) in [6, 6.07) is 48.2. The Hall–Kier alpha value is -6.50. The second-order valence-electron chi connectivity index (χ2n) is 12.8. The van der Waals surface area contributed by atoms with Gasteiger partial charge in [0.05, 0.1) is 9.60 Å². The molecule has 0 saturated heterocycles. The van der Waals surface area contributed by atoms with E-state index in [2.05, 4.69) is 30.3 Å². The largest absolute Gasteiger partial charge is 0.0636 e. The van der Waals surface area contributed by atoms with E-state index in [9.17, 15) is 6.85 Å². The Bertz CT molecular complexity index is 3330. The Labute approximate surface area is 301 Å². The summed E-state index contributed by atoms with van der Waals surface area (Å²) in [5, 5.41) is 7.23. The van der Waals surface area contributed by atoms with Crippen LogP contribution in [0, 0.1) is 0 Å². The van der Waals surface area contributed by atoms with Gasteiger partial charge in [-0.15, -0.1) is 0 Å². The van der Waals surface area contributed by atoms with Crippen molar-refractivity contribution >= 4 is 53.9 Å². The Morgan fingerprint density at radius 1 is 0.280 bits per heavy atom.